The molecule has 1 unspecified atom stereocenters. The zero-order valence-corrected chi connectivity index (χ0v) is 17.0. The number of benzene rings is 3. The molecule has 0 aromatic heterocycles. The van der Waals surface area contributed by atoms with Crippen LogP contribution in [0, 0.1) is 5.92 Å². The zero-order valence-electron chi connectivity index (χ0n) is 17.0. The number of nitrogens with zero attached hydrogens (tertiary/aromatic N) is 1. The molecular weight excluding hydrogens is 352 g/mol. The summed E-state index contributed by atoms with van der Waals surface area (Å²) >= 11 is 0. The van der Waals surface area contributed by atoms with Crippen LogP contribution in [0.1, 0.15) is 41.0 Å². The lowest BCUT2D eigenvalue weighted by atomic mass is 9.82. The van der Waals surface area contributed by atoms with Gasteiger partial charge in [-0.2, -0.15) is 0 Å². The average Bonchev–Trinajstić information content (AvgIpc) is 2.81. The SMILES string of the molecule is c1ccc(C(c2ccccc2)c2ccccc2CNC2CN3CCC2CC3)cc1. The van der Waals surface area contributed by atoms with E-state index in [4.69, 9.17) is 0 Å². The summed E-state index contributed by atoms with van der Waals surface area (Å²) in [6.07, 6.45) is 2.71. The zero-order chi connectivity index (χ0) is 19.5. The second kappa shape index (κ2) is 8.52. The molecule has 148 valence electrons. The molecule has 0 spiro atoms. The molecule has 2 heteroatoms. The van der Waals surface area contributed by atoms with Gasteiger partial charge in [0.2, 0.25) is 0 Å². The topological polar surface area (TPSA) is 15.3 Å². The lowest BCUT2D eigenvalue weighted by Gasteiger charge is -2.45. The Hall–Kier alpha value is -2.42. The minimum Gasteiger partial charge on any atom is -0.308 e. The van der Waals surface area contributed by atoms with Gasteiger partial charge in [-0.1, -0.05) is 84.9 Å². The van der Waals surface area contributed by atoms with Crippen molar-refractivity contribution in [3.8, 4) is 0 Å². The van der Waals surface area contributed by atoms with E-state index in [2.05, 4.69) is 95.1 Å². The van der Waals surface area contributed by atoms with Crippen LogP contribution in [0.5, 0.6) is 0 Å². The van der Waals surface area contributed by atoms with Crippen LogP contribution in [0.4, 0.5) is 0 Å². The minimum atomic E-state index is 0.266. The van der Waals surface area contributed by atoms with Gasteiger partial charge in [0.15, 0.2) is 0 Å². The molecule has 0 amide bonds. The van der Waals surface area contributed by atoms with Crippen molar-refractivity contribution in [3.63, 3.8) is 0 Å². The third-order valence-electron chi connectivity index (χ3n) is 6.84. The Balaban J connectivity index is 1.44. The van der Waals surface area contributed by atoms with E-state index >= 15 is 0 Å². The fourth-order valence-corrected chi connectivity index (χ4v) is 5.26. The van der Waals surface area contributed by atoms with Gasteiger partial charge < -0.3 is 10.2 Å². The molecule has 1 N–H and O–H groups in total. The summed E-state index contributed by atoms with van der Waals surface area (Å²) in [6, 6.07) is 31.5. The van der Waals surface area contributed by atoms with E-state index in [1.807, 2.05) is 0 Å². The lowest BCUT2D eigenvalue weighted by Crippen LogP contribution is -2.55. The molecule has 3 saturated heterocycles. The Morgan fingerprint density at radius 1 is 0.759 bits per heavy atom. The molecule has 3 aliphatic heterocycles. The summed E-state index contributed by atoms with van der Waals surface area (Å²) in [6.45, 7) is 4.75. The summed E-state index contributed by atoms with van der Waals surface area (Å²) in [5.41, 5.74) is 5.54. The highest BCUT2D eigenvalue weighted by atomic mass is 15.2. The van der Waals surface area contributed by atoms with Gasteiger partial charge >= 0.3 is 0 Å². The molecule has 2 bridgehead atoms. The third kappa shape index (κ3) is 4.01. The standard InChI is InChI=1S/C27H30N2/c1-3-9-22(10-4-1)27(23-11-5-2-6-12-23)25-14-8-7-13-24(25)19-28-26-20-29-17-15-21(26)16-18-29/h1-14,21,26-28H,15-20H2. The van der Waals surface area contributed by atoms with E-state index in [0.29, 0.717) is 6.04 Å². The van der Waals surface area contributed by atoms with Crippen molar-refractivity contribution in [3.05, 3.63) is 107 Å². The smallest absolute Gasteiger partial charge is 0.0343 e. The van der Waals surface area contributed by atoms with Crippen LogP contribution in [0.2, 0.25) is 0 Å². The molecule has 1 atom stereocenters. The van der Waals surface area contributed by atoms with Crippen molar-refractivity contribution in [2.75, 3.05) is 19.6 Å². The van der Waals surface area contributed by atoms with Gasteiger partial charge in [0.05, 0.1) is 0 Å². The Kier molecular flexibility index (Phi) is 5.47. The second-order valence-electron chi connectivity index (χ2n) is 8.58. The molecule has 0 aliphatic carbocycles. The Labute approximate surface area is 174 Å². The van der Waals surface area contributed by atoms with E-state index in [9.17, 15) is 0 Å². The maximum atomic E-state index is 3.93. The average molecular weight is 383 g/mol. The number of hydrogen-bond acceptors (Lipinski definition) is 2. The van der Waals surface area contributed by atoms with Gasteiger partial charge in [-0.15, -0.1) is 0 Å². The predicted octanol–water partition coefficient (Wildman–Crippen LogP) is 5.05. The molecule has 3 heterocycles. The normalized spacial score (nSPS) is 23.4. The van der Waals surface area contributed by atoms with Crippen LogP contribution < -0.4 is 5.32 Å². The van der Waals surface area contributed by atoms with Crippen molar-refractivity contribution >= 4 is 0 Å². The molecule has 29 heavy (non-hydrogen) atoms. The Bertz CT molecular complexity index is 874. The van der Waals surface area contributed by atoms with Gasteiger partial charge in [-0.05, 0) is 54.1 Å². The van der Waals surface area contributed by atoms with Crippen molar-refractivity contribution in [1.29, 1.82) is 0 Å². The van der Waals surface area contributed by atoms with Crippen LogP contribution in [-0.4, -0.2) is 30.6 Å². The summed E-state index contributed by atoms with van der Waals surface area (Å²) in [5, 5.41) is 3.93. The molecule has 0 radical (unpaired) electrons. The first-order chi connectivity index (χ1) is 14.4. The van der Waals surface area contributed by atoms with Crippen molar-refractivity contribution in [2.24, 2.45) is 5.92 Å². The van der Waals surface area contributed by atoms with Crippen molar-refractivity contribution < 1.29 is 0 Å². The van der Waals surface area contributed by atoms with Gasteiger partial charge in [-0.3, -0.25) is 0 Å². The van der Waals surface area contributed by atoms with Crippen LogP contribution in [0.3, 0.4) is 0 Å². The third-order valence-corrected chi connectivity index (χ3v) is 6.84. The summed E-state index contributed by atoms with van der Waals surface area (Å²) in [4.78, 5) is 2.63. The van der Waals surface area contributed by atoms with Crippen LogP contribution >= 0.6 is 0 Å². The molecule has 0 saturated carbocycles. The lowest BCUT2D eigenvalue weighted by molar-refractivity contribution is 0.0720. The number of fused-ring (bicyclic) bond motifs is 3. The molecule has 2 nitrogen and oxygen atoms in total. The van der Waals surface area contributed by atoms with E-state index < -0.39 is 0 Å². The van der Waals surface area contributed by atoms with Crippen LogP contribution in [0.15, 0.2) is 84.9 Å². The monoisotopic (exact) mass is 382 g/mol. The van der Waals surface area contributed by atoms with Gasteiger partial charge in [0, 0.05) is 25.0 Å². The number of nitrogens with one attached hydrogen (secondary N) is 1. The molecule has 6 rings (SSSR count). The van der Waals surface area contributed by atoms with Gasteiger partial charge in [-0.25, -0.2) is 0 Å². The minimum absolute atomic E-state index is 0.266. The molecule has 3 aromatic carbocycles. The Morgan fingerprint density at radius 3 is 1.93 bits per heavy atom. The van der Waals surface area contributed by atoms with E-state index in [0.717, 1.165) is 12.5 Å². The molecule has 3 aromatic rings. The van der Waals surface area contributed by atoms with E-state index in [-0.39, 0.29) is 5.92 Å². The first kappa shape index (κ1) is 18.6. The maximum absolute atomic E-state index is 3.93. The van der Waals surface area contributed by atoms with Crippen LogP contribution in [0.25, 0.3) is 0 Å². The van der Waals surface area contributed by atoms with Crippen molar-refractivity contribution in [2.45, 2.75) is 31.3 Å². The summed E-state index contributed by atoms with van der Waals surface area (Å²) in [7, 11) is 0. The highest BCUT2D eigenvalue weighted by Gasteiger charge is 2.33. The Morgan fingerprint density at radius 2 is 1.34 bits per heavy atom. The first-order valence-corrected chi connectivity index (χ1v) is 11.0. The number of hydrogen-bond donors (Lipinski definition) is 1. The first-order valence-electron chi connectivity index (χ1n) is 11.0. The number of rotatable bonds is 6. The van der Waals surface area contributed by atoms with Crippen molar-refractivity contribution in [1.82, 2.24) is 10.2 Å². The second-order valence-corrected chi connectivity index (χ2v) is 8.58. The molecular formula is C27H30N2. The summed E-state index contributed by atoms with van der Waals surface area (Å²) < 4.78 is 0. The van der Waals surface area contributed by atoms with Gasteiger partial charge in [0.1, 0.15) is 0 Å². The van der Waals surface area contributed by atoms with E-state index in [1.165, 1.54) is 54.7 Å². The molecule has 3 fully saturated rings. The maximum Gasteiger partial charge on any atom is 0.0343 e. The largest absolute Gasteiger partial charge is 0.308 e. The predicted molar refractivity (Wildman–Crippen MR) is 120 cm³/mol. The highest BCUT2D eigenvalue weighted by molar-refractivity contribution is 5.46. The highest BCUT2D eigenvalue weighted by Crippen LogP contribution is 2.34. The fourth-order valence-electron chi connectivity index (χ4n) is 5.26. The van der Waals surface area contributed by atoms with E-state index in [1.54, 1.807) is 0 Å². The molecule has 3 aliphatic rings. The van der Waals surface area contributed by atoms with Crippen LogP contribution in [-0.2, 0) is 6.54 Å². The summed E-state index contributed by atoms with van der Waals surface area (Å²) in [5.74, 6) is 1.12. The number of piperidine rings is 3. The quantitative estimate of drug-likeness (QED) is 0.600. The van der Waals surface area contributed by atoms with Gasteiger partial charge in [0.25, 0.3) is 0 Å². The fraction of sp³-hybridized carbons (Fsp3) is 0.333.